The highest BCUT2D eigenvalue weighted by Crippen LogP contribution is 2.27. The van der Waals surface area contributed by atoms with E-state index in [-0.39, 0.29) is 24.0 Å². The Balaban J connectivity index is 4.55. The van der Waals surface area contributed by atoms with Gasteiger partial charge in [0.05, 0.1) is 13.7 Å². The molecule has 2 unspecified atom stereocenters. The van der Waals surface area contributed by atoms with Crippen LogP contribution in [0.1, 0.15) is 59.3 Å². The lowest BCUT2D eigenvalue weighted by atomic mass is 9.80. The molecule has 1 amide bonds. The van der Waals surface area contributed by atoms with Crippen LogP contribution >= 0.6 is 0 Å². The van der Waals surface area contributed by atoms with Gasteiger partial charge in [-0.2, -0.15) is 0 Å². The second kappa shape index (κ2) is 12.3. The number of carbonyl (C=O) groups is 5. The summed E-state index contributed by atoms with van der Waals surface area (Å²) < 4.78 is 4.34. The average molecular weight is 355 g/mol. The molecule has 0 aliphatic carbocycles. The van der Waals surface area contributed by atoms with Crippen LogP contribution in [0.2, 0.25) is 0 Å². The van der Waals surface area contributed by atoms with Crippen molar-refractivity contribution in [3.8, 4) is 0 Å². The third kappa shape index (κ3) is 9.12. The molecule has 0 spiro atoms. The van der Waals surface area contributed by atoms with Gasteiger partial charge in [0, 0.05) is 19.3 Å². The Morgan fingerprint density at radius 2 is 1.44 bits per heavy atom. The highest BCUT2D eigenvalue weighted by Gasteiger charge is 2.26. The van der Waals surface area contributed by atoms with Crippen LogP contribution in [0.15, 0.2) is 0 Å². The first-order valence-electron chi connectivity index (χ1n) is 8.70. The van der Waals surface area contributed by atoms with E-state index in [1.807, 2.05) is 20.8 Å². The minimum absolute atomic E-state index is 0.0391. The number of esters is 1. The van der Waals surface area contributed by atoms with Gasteiger partial charge in [-0.15, -0.1) is 0 Å². The number of carbonyl (C=O) groups excluding carboxylic acids is 5. The van der Waals surface area contributed by atoms with Crippen molar-refractivity contribution in [2.24, 2.45) is 11.8 Å². The second-order valence-electron chi connectivity index (χ2n) is 6.01. The zero-order valence-corrected chi connectivity index (χ0v) is 15.6. The Morgan fingerprint density at radius 3 is 1.92 bits per heavy atom. The maximum Gasteiger partial charge on any atom is 0.315 e. The number of rotatable bonds is 13. The largest absolute Gasteiger partial charge is 0.469 e. The van der Waals surface area contributed by atoms with Gasteiger partial charge in [-0.3, -0.25) is 24.0 Å². The summed E-state index contributed by atoms with van der Waals surface area (Å²) in [4.78, 5) is 58.0. The summed E-state index contributed by atoms with van der Waals surface area (Å²) in [6, 6.07) is 0. The molecule has 0 heterocycles. The summed E-state index contributed by atoms with van der Waals surface area (Å²) in [6.07, 6.45) is 1.92. The minimum atomic E-state index is -0.714. The summed E-state index contributed by atoms with van der Waals surface area (Å²) in [6.45, 7) is 5.27. The maximum absolute atomic E-state index is 12.1. The summed E-state index contributed by atoms with van der Waals surface area (Å²) in [5, 5.41) is 2.24. The third-order valence-electron chi connectivity index (χ3n) is 4.34. The number of amides is 1. The van der Waals surface area contributed by atoms with Crippen LogP contribution < -0.4 is 5.32 Å². The predicted molar refractivity (Wildman–Crippen MR) is 91.8 cm³/mol. The number of hydrogen-bond donors (Lipinski definition) is 1. The first-order chi connectivity index (χ1) is 11.8. The van der Waals surface area contributed by atoms with E-state index in [0.29, 0.717) is 19.3 Å². The Kier molecular flexibility index (Phi) is 11.3. The van der Waals surface area contributed by atoms with Crippen molar-refractivity contribution in [1.82, 2.24) is 5.32 Å². The van der Waals surface area contributed by atoms with Gasteiger partial charge in [0.25, 0.3) is 0 Å². The first-order valence-corrected chi connectivity index (χ1v) is 8.70. The zero-order chi connectivity index (χ0) is 19.4. The maximum atomic E-state index is 12.1. The van der Waals surface area contributed by atoms with Gasteiger partial charge in [-0.25, -0.2) is 0 Å². The second-order valence-corrected chi connectivity index (χ2v) is 6.01. The topological polar surface area (TPSA) is 107 Å². The molecule has 0 saturated carbocycles. The molecule has 7 nitrogen and oxygen atoms in total. The summed E-state index contributed by atoms with van der Waals surface area (Å²) in [5.74, 6) is -2.46. The van der Waals surface area contributed by atoms with Gasteiger partial charge in [0.2, 0.25) is 17.5 Å². The van der Waals surface area contributed by atoms with Gasteiger partial charge < -0.3 is 10.1 Å². The number of ether oxygens (including phenoxy) is 1. The molecule has 2 atom stereocenters. The smallest absolute Gasteiger partial charge is 0.315 e. The highest BCUT2D eigenvalue weighted by atomic mass is 16.5. The molecule has 142 valence electrons. The molecule has 0 bridgehead atoms. The standard InChI is InChI=1S/C18H29NO6/c1-5-12(8-14(20)7-3)13(6-2)9-15(21)16(22)11-19-17(23)10-18(24)25-4/h12-13H,5-11H2,1-4H3,(H,19,23). The Hall–Kier alpha value is -2.05. The van der Waals surface area contributed by atoms with E-state index in [4.69, 9.17) is 0 Å². The van der Waals surface area contributed by atoms with Gasteiger partial charge >= 0.3 is 5.97 Å². The molecular weight excluding hydrogens is 326 g/mol. The highest BCUT2D eigenvalue weighted by molar-refractivity contribution is 6.38. The molecule has 1 N–H and O–H groups in total. The minimum Gasteiger partial charge on any atom is -0.469 e. The van der Waals surface area contributed by atoms with E-state index in [2.05, 4.69) is 10.1 Å². The quantitative estimate of drug-likeness (QED) is 0.306. The van der Waals surface area contributed by atoms with Crippen molar-refractivity contribution in [1.29, 1.82) is 0 Å². The van der Waals surface area contributed by atoms with E-state index < -0.39 is 36.4 Å². The van der Waals surface area contributed by atoms with Gasteiger partial charge in [-0.05, 0) is 11.8 Å². The average Bonchev–Trinajstić information content (AvgIpc) is 2.61. The number of methoxy groups -OCH3 is 1. The molecule has 0 aromatic carbocycles. The summed E-state index contributed by atoms with van der Waals surface area (Å²) in [7, 11) is 1.16. The van der Waals surface area contributed by atoms with Gasteiger partial charge in [0.1, 0.15) is 12.2 Å². The van der Waals surface area contributed by atoms with Crippen LogP contribution in [0.4, 0.5) is 0 Å². The number of hydrogen-bond acceptors (Lipinski definition) is 6. The predicted octanol–water partition coefficient (Wildman–Crippen LogP) is 1.62. The number of Topliss-reactive ketones (excluding diaryl/α,β-unsaturated/α-hetero) is 3. The van der Waals surface area contributed by atoms with Crippen LogP contribution in [-0.2, 0) is 28.7 Å². The normalized spacial score (nSPS) is 12.8. The molecule has 0 saturated heterocycles. The fourth-order valence-corrected chi connectivity index (χ4v) is 2.62. The molecule has 0 rings (SSSR count). The van der Waals surface area contributed by atoms with Crippen LogP contribution in [-0.4, -0.2) is 42.9 Å². The summed E-state index contributed by atoms with van der Waals surface area (Å²) >= 11 is 0. The Labute approximate surface area is 148 Å². The van der Waals surface area contributed by atoms with Crippen molar-refractivity contribution >= 4 is 29.2 Å². The summed E-state index contributed by atoms with van der Waals surface area (Å²) in [5.41, 5.74) is 0. The van der Waals surface area contributed by atoms with Crippen molar-refractivity contribution < 1.29 is 28.7 Å². The molecule has 0 aromatic heterocycles. The lowest BCUT2D eigenvalue weighted by Crippen LogP contribution is -2.35. The van der Waals surface area contributed by atoms with E-state index in [9.17, 15) is 24.0 Å². The first kappa shape index (κ1) is 22.9. The molecule has 0 aromatic rings. The molecular formula is C18H29NO6. The molecule has 0 aliphatic rings. The number of ketones is 3. The van der Waals surface area contributed by atoms with Crippen LogP contribution in [0.5, 0.6) is 0 Å². The van der Waals surface area contributed by atoms with Crippen molar-refractivity contribution in [2.75, 3.05) is 13.7 Å². The van der Waals surface area contributed by atoms with Crippen LogP contribution in [0, 0.1) is 11.8 Å². The Bertz CT molecular complexity index is 500. The SMILES string of the molecule is CCC(=O)CC(CC)C(CC)CC(=O)C(=O)CNC(=O)CC(=O)OC. The molecule has 25 heavy (non-hydrogen) atoms. The van der Waals surface area contributed by atoms with Crippen LogP contribution in [0.25, 0.3) is 0 Å². The fourth-order valence-electron chi connectivity index (χ4n) is 2.62. The van der Waals surface area contributed by atoms with Crippen LogP contribution in [0.3, 0.4) is 0 Å². The van der Waals surface area contributed by atoms with Crippen molar-refractivity contribution in [2.45, 2.75) is 59.3 Å². The third-order valence-corrected chi connectivity index (χ3v) is 4.34. The molecule has 0 radical (unpaired) electrons. The van der Waals surface area contributed by atoms with Gasteiger partial charge in [0.15, 0.2) is 0 Å². The fraction of sp³-hybridized carbons (Fsp3) is 0.722. The molecule has 7 heteroatoms. The van der Waals surface area contributed by atoms with E-state index >= 15 is 0 Å². The van der Waals surface area contributed by atoms with Gasteiger partial charge in [-0.1, -0.05) is 33.6 Å². The monoisotopic (exact) mass is 355 g/mol. The zero-order valence-electron chi connectivity index (χ0n) is 15.6. The number of nitrogens with one attached hydrogen (secondary N) is 1. The van der Waals surface area contributed by atoms with E-state index in [0.717, 1.165) is 13.5 Å². The van der Waals surface area contributed by atoms with Crippen molar-refractivity contribution in [3.05, 3.63) is 0 Å². The lowest BCUT2D eigenvalue weighted by molar-refractivity contribution is -0.144. The Morgan fingerprint density at radius 1 is 0.880 bits per heavy atom. The lowest BCUT2D eigenvalue weighted by Gasteiger charge is -2.24. The molecule has 0 fully saturated rings. The van der Waals surface area contributed by atoms with Crippen molar-refractivity contribution in [3.63, 3.8) is 0 Å². The molecule has 0 aliphatic heterocycles. The van der Waals surface area contributed by atoms with E-state index in [1.54, 1.807) is 0 Å². The van der Waals surface area contributed by atoms with E-state index in [1.165, 1.54) is 0 Å².